The molecule has 0 aliphatic carbocycles. The molecule has 6 nitrogen and oxygen atoms in total. The van der Waals surface area contributed by atoms with E-state index in [0.717, 1.165) is 5.56 Å². The minimum atomic E-state index is -0.534. The number of furan rings is 1. The van der Waals surface area contributed by atoms with Crippen LogP contribution in [0.3, 0.4) is 0 Å². The van der Waals surface area contributed by atoms with E-state index in [-0.39, 0.29) is 11.5 Å². The molecule has 0 saturated heterocycles. The van der Waals surface area contributed by atoms with Gasteiger partial charge >= 0.3 is 0 Å². The summed E-state index contributed by atoms with van der Waals surface area (Å²) in [4.78, 5) is 38.0. The molecule has 1 aromatic heterocycles. The molecule has 0 fully saturated rings. The second-order valence-electron chi connectivity index (χ2n) is 7.53. The molecule has 4 aromatic rings. The number of rotatable bonds is 8. The first-order chi connectivity index (χ1) is 17.1. The van der Waals surface area contributed by atoms with Gasteiger partial charge in [0.05, 0.1) is 6.26 Å². The molecule has 35 heavy (non-hydrogen) atoms. The van der Waals surface area contributed by atoms with Crippen LogP contribution < -0.4 is 10.6 Å². The highest BCUT2D eigenvalue weighted by Crippen LogP contribution is 2.14. The van der Waals surface area contributed by atoms with Crippen molar-refractivity contribution in [1.82, 2.24) is 5.32 Å². The van der Waals surface area contributed by atoms with Crippen LogP contribution in [-0.2, 0) is 4.79 Å². The van der Waals surface area contributed by atoms with Crippen LogP contribution in [0.2, 0.25) is 0 Å². The third-order valence-corrected chi connectivity index (χ3v) is 5.01. The Morgan fingerprint density at radius 1 is 0.714 bits per heavy atom. The number of anilines is 1. The molecule has 3 aromatic carbocycles. The molecule has 0 saturated carbocycles. The Kier molecular flexibility index (Phi) is 7.46. The van der Waals surface area contributed by atoms with E-state index in [2.05, 4.69) is 10.6 Å². The average molecular weight is 463 g/mol. The fourth-order valence-electron chi connectivity index (χ4n) is 3.21. The number of carbonyl (C=O) groups is 3. The van der Waals surface area contributed by atoms with Crippen molar-refractivity contribution in [2.75, 3.05) is 5.32 Å². The topological polar surface area (TPSA) is 88.4 Å². The van der Waals surface area contributed by atoms with Crippen molar-refractivity contribution in [1.29, 1.82) is 0 Å². The fraction of sp³-hybridized carbons (Fsp3) is 0. The lowest BCUT2D eigenvalue weighted by Gasteiger charge is -2.11. The van der Waals surface area contributed by atoms with Gasteiger partial charge in [-0.3, -0.25) is 14.4 Å². The summed E-state index contributed by atoms with van der Waals surface area (Å²) in [6, 6.07) is 28.0. The maximum absolute atomic E-state index is 13.0. The number of hydrogen-bond donors (Lipinski definition) is 2. The molecular weight excluding hydrogens is 440 g/mol. The molecule has 4 rings (SSSR count). The molecule has 172 valence electrons. The Hall–Kier alpha value is -4.97. The van der Waals surface area contributed by atoms with Crippen molar-refractivity contribution >= 4 is 35.4 Å². The zero-order chi connectivity index (χ0) is 24.5. The number of benzene rings is 3. The Morgan fingerprint density at radius 3 is 2.06 bits per heavy atom. The molecule has 6 heteroatoms. The number of amides is 2. The van der Waals surface area contributed by atoms with Gasteiger partial charge in [-0.2, -0.15) is 0 Å². The monoisotopic (exact) mass is 462 g/mol. The maximum Gasteiger partial charge on any atom is 0.272 e. The largest absolute Gasteiger partial charge is 0.465 e. The minimum Gasteiger partial charge on any atom is -0.465 e. The highest BCUT2D eigenvalue weighted by molar-refractivity contribution is 6.11. The lowest BCUT2D eigenvalue weighted by Crippen LogP contribution is -2.30. The van der Waals surface area contributed by atoms with Gasteiger partial charge in [0, 0.05) is 22.9 Å². The van der Waals surface area contributed by atoms with Gasteiger partial charge in [-0.1, -0.05) is 54.6 Å². The van der Waals surface area contributed by atoms with Crippen molar-refractivity contribution in [2.24, 2.45) is 0 Å². The predicted molar refractivity (Wildman–Crippen MR) is 135 cm³/mol. The van der Waals surface area contributed by atoms with Crippen molar-refractivity contribution in [3.05, 3.63) is 138 Å². The number of hydrogen-bond acceptors (Lipinski definition) is 4. The number of nitrogens with one attached hydrogen (secondary N) is 2. The Morgan fingerprint density at radius 2 is 1.40 bits per heavy atom. The van der Waals surface area contributed by atoms with Gasteiger partial charge < -0.3 is 15.1 Å². The van der Waals surface area contributed by atoms with Crippen LogP contribution in [0, 0.1) is 0 Å². The Bertz CT molecular complexity index is 1360. The summed E-state index contributed by atoms with van der Waals surface area (Å²) in [7, 11) is 0. The summed E-state index contributed by atoms with van der Waals surface area (Å²) in [6.45, 7) is 0. The van der Waals surface area contributed by atoms with Crippen LogP contribution in [-0.4, -0.2) is 17.6 Å². The fourth-order valence-corrected chi connectivity index (χ4v) is 3.21. The van der Waals surface area contributed by atoms with Crippen molar-refractivity contribution in [3.8, 4) is 0 Å². The van der Waals surface area contributed by atoms with Crippen LogP contribution in [0.15, 0.2) is 120 Å². The number of carbonyl (C=O) groups excluding carboxylic acids is 3. The van der Waals surface area contributed by atoms with Gasteiger partial charge in [0.2, 0.25) is 0 Å². The summed E-state index contributed by atoms with van der Waals surface area (Å²) in [6.07, 6.45) is 6.18. The van der Waals surface area contributed by atoms with E-state index >= 15 is 0 Å². The van der Waals surface area contributed by atoms with Crippen LogP contribution in [0.25, 0.3) is 12.2 Å². The van der Waals surface area contributed by atoms with E-state index in [4.69, 9.17) is 4.42 Å². The Labute approximate surface area is 202 Å². The SMILES string of the molecule is O=C(Nc1ccc(C(=O)/C=C/c2ccccc2)cc1)/C(=C/c1ccco1)NC(=O)c1ccccc1. The summed E-state index contributed by atoms with van der Waals surface area (Å²) in [5.74, 6) is -0.701. The Balaban J connectivity index is 1.46. The van der Waals surface area contributed by atoms with E-state index < -0.39 is 11.8 Å². The van der Waals surface area contributed by atoms with Gasteiger partial charge in [0.1, 0.15) is 11.5 Å². The summed E-state index contributed by atoms with van der Waals surface area (Å²) < 4.78 is 5.30. The molecule has 0 bridgehead atoms. The molecule has 0 aliphatic heterocycles. The van der Waals surface area contributed by atoms with E-state index in [0.29, 0.717) is 22.6 Å². The average Bonchev–Trinajstić information content (AvgIpc) is 3.41. The molecule has 2 N–H and O–H groups in total. The van der Waals surface area contributed by atoms with E-state index in [1.165, 1.54) is 18.4 Å². The normalized spacial score (nSPS) is 11.3. The highest BCUT2D eigenvalue weighted by Gasteiger charge is 2.16. The molecule has 0 atom stereocenters. The van der Waals surface area contributed by atoms with Crippen LogP contribution in [0.1, 0.15) is 32.0 Å². The molecule has 0 radical (unpaired) electrons. The number of ketones is 1. The summed E-state index contributed by atoms with van der Waals surface area (Å²) in [5.41, 5.74) is 2.31. The first kappa shape index (κ1) is 23.2. The van der Waals surface area contributed by atoms with Crippen LogP contribution in [0.4, 0.5) is 5.69 Å². The highest BCUT2D eigenvalue weighted by atomic mass is 16.3. The predicted octanol–water partition coefficient (Wildman–Crippen LogP) is 5.59. The van der Waals surface area contributed by atoms with Gasteiger partial charge in [0.25, 0.3) is 11.8 Å². The second kappa shape index (κ2) is 11.2. The third kappa shape index (κ3) is 6.52. The molecule has 1 heterocycles. The van der Waals surface area contributed by atoms with Crippen molar-refractivity contribution in [3.63, 3.8) is 0 Å². The van der Waals surface area contributed by atoms with E-state index in [9.17, 15) is 14.4 Å². The van der Waals surface area contributed by atoms with E-state index in [1.54, 1.807) is 72.8 Å². The van der Waals surface area contributed by atoms with Crippen LogP contribution in [0.5, 0.6) is 0 Å². The van der Waals surface area contributed by atoms with Gasteiger partial charge in [-0.05, 0) is 60.2 Å². The minimum absolute atomic E-state index is 0.0137. The molecule has 2 amide bonds. The van der Waals surface area contributed by atoms with Gasteiger partial charge in [-0.25, -0.2) is 0 Å². The van der Waals surface area contributed by atoms with E-state index in [1.807, 2.05) is 30.3 Å². The lowest BCUT2D eigenvalue weighted by molar-refractivity contribution is -0.113. The quantitative estimate of drug-likeness (QED) is 0.264. The standard InChI is InChI=1S/C29H22N2O4/c32-27(18-13-21-8-3-1-4-9-21)22-14-16-24(17-15-22)30-29(34)26(20-25-12-7-19-35-25)31-28(33)23-10-5-2-6-11-23/h1-20H,(H,30,34)(H,31,33)/b18-13+,26-20-. The van der Waals surface area contributed by atoms with Gasteiger partial charge in [-0.15, -0.1) is 0 Å². The summed E-state index contributed by atoms with van der Waals surface area (Å²) in [5, 5.41) is 5.38. The zero-order valence-electron chi connectivity index (χ0n) is 18.7. The molecule has 0 aliphatic rings. The smallest absolute Gasteiger partial charge is 0.272 e. The van der Waals surface area contributed by atoms with Crippen molar-refractivity contribution in [2.45, 2.75) is 0 Å². The summed E-state index contributed by atoms with van der Waals surface area (Å²) >= 11 is 0. The first-order valence-electron chi connectivity index (χ1n) is 10.9. The third-order valence-electron chi connectivity index (χ3n) is 5.01. The maximum atomic E-state index is 13.0. The number of allylic oxidation sites excluding steroid dienone is 1. The lowest BCUT2D eigenvalue weighted by atomic mass is 10.1. The van der Waals surface area contributed by atoms with Gasteiger partial charge in [0.15, 0.2) is 5.78 Å². The molecule has 0 spiro atoms. The molecular formula is C29H22N2O4. The van der Waals surface area contributed by atoms with Crippen LogP contribution >= 0.6 is 0 Å². The second-order valence-corrected chi connectivity index (χ2v) is 7.53. The first-order valence-corrected chi connectivity index (χ1v) is 10.9. The molecule has 0 unspecified atom stereocenters. The van der Waals surface area contributed by atoms with Crippen molar-refractivity contribution < 1.29 is 18.8 Å². The zero-order valence-corrected chi connectivity index (χ0v) is 18.7.